The van der Waals surface area contributed by atoms with Crippen LogP contribution in [0.2, 0.25) is 0 Å². The third-order valence-electron chi connectivity index (χ3n) is 10.4. The Hall–Kier alpha value is -5.72. The van der Waals surface area contributed by atoms with Crippen molar-refractivity contribution in [2.75, 3.05) is 28.2 Å². The highest BCUT2D eigenvalue weighted by Crippen LogP contribution is 2.37. The molecule has 1 fully saturated rings. The Bertz CT molecular complexity index is 1900. The molecule has 1 aliphatic heterocycles. The number of ketones is 2. The smallest absolute Gasteiger partial charge is 0.326 e. The molecule has 0 saturated heterocycles. The van der Waals surface area contributed by atoms with Gasteiger partial charge in [-0.3, -0.25) is 19.2 Å². The second-order valence-corrected chi connectivity index (χ2v) is 15.7. The van der Waals surface area contributed by atoms with Gasteiger partial charge in [0.05, 0.1) is 17.9 Å². The number of aromatic hydroxyl groups is 1. The summed E-state index contributed by atoms with van der Waals surface area (Å²) in [6.07, 6.45) is 6.20. The normalized spacial score (nSPS) is 16.6. The molecule has 1 saturated carbocycles. The summed E-state index contributed by atoms with van der Waals surface area (Å²) in [5.74, 6) is -2.23. The van der Waals surface area contributed by atoms with Crippen LogP contribution >= 0.6 is 0 Å². The van der Waals surface area contributed by atoms with Gasteiger partial charge in [-0.1, -0.05) is 76.4 Å². The molecule has 2 atom stereocenters. The quantitative estimate of drug-likeness (QED) is 0.0882. The van der Waals surface area contributed by atoms with Crippen LogP contribution in [0.15, 0.2) is 72.8 Å². The molecule has 298 valence electrons. The summed E-state index contributed by atoms with van der Waals surface area (Å²) < 4.78 is 0. The molecule has 0 radical (unpaired) electrons. The molecule has 0 unspecified atom stereocenters. The second-order valence-electron chi connectivity index (χ2n) is 15.7. The largest absolute Gasteiger partial charge is 0.508 e. The third-order valence-corrected chi connectivity index (χ3v) is 10.4. The number of carbonyl (C=O) groups excluding carboxylic acids is 5. The zero-order valence-electron chi connectivity index (χ0n) is 32.4. The van der Waals surface area contributed by atoms with Crippen molar-refractivity contribution in [3.05, 3.63) is 83.9 Å². The minimum atomic E-state index is -1.17. The van der Waals surface area contributed by atoms with Crippen LogP contribution in [0.25, 0.3) is 0 Å². The summed E-state index contributed by atoms with van der Waals surface area (Å²) in [7, 11) is 0. The summed E-state index contributed by atoms with van der Waals surface area (Å²) >= 11 is 0. The minimum absolute atomic E-state index is 0.0410. The fraction of sp³-hybridized carbons (Fsp3) is 0.442. The van der Waals surface area contributed by atoms with Gasteiger partial charge in [-0.25, -0.2) is 9.59 Å². The van der Waals surface area contributed by atoms with Gasteiger partial charge in [0.15, 0.2) is 11.6 Å². The molecule has 13 heteroatoms. The number of aliphatic carboxylic acids is 1. The van der Waals surface area contributed by atoms with Gasteiger partial charge in [-0.15, -0.1) is 0 Å². The van der Waals surface area contributed by atoms with Crippen LogP contribution < -0.4 is 25.8 Å². The van der Waals surface area contributed by atoms with Crippen molar-refractivity contribution < 1.29 is 39.0 Å². The first-order valence-corrected chi connectivity index (χ1v) is 19.4. The molecule has 4 amide bonds. The Balaban J connectivity index is 1.18. The number of unbranched alkanes of at least 4 members (excludes halogenated alkanes) is 1. The lowest BCUT2D eigenvalue weighted by Gasteiger charge is -2.37. The first kappa shape index (κ1) is 41.4. The average Bonchev–Trinajstić information content (AvgIpc) is 3.27. The van der Waals surface area contributed by atoms with Gasteiger partial charge in [0.1, 0.15) is 17.8 Å². The number of anilines is 3. The monoisotopic (exact) mass is 767 g/mol. The van der Waals surface area contributed by atoms with Crippen molar-refractivity contribution in [2.24, 2.45) is 5.41 Å². The van der Waals surface area contributed by atoms with E-state index in [1.807, 2.05) is 45.0 Å². The highest BCUT2D eigenvalue weighted by molar-refractivity contribution is 6.08. The van der Waals surface area contributed by atoms with Gasteiger partial charge in [-0.2, -0.15) is 0 Å². The molecule has 0 bridgehead atoms. The molecule has 1 heterocycles. The molecule has 13 nitrogen and oxygen atoms in total. The van der Waals surface area contributed by atoms with Crippen LogP contribution in [0, 0.1) is 5.41 Å². The van der Waals surface area contributed by atoms with Gasteiger partial charge in [0, 0.05) is 48.5 Å². The summed E-state index contributed by atoms with van der Waals surface area (Å²) in [5, 5.41) is 27.2. The van der Waals surface area contributed by atoms with E-state index >= 15 is 0 Å². The maximum Gasteiger partial charge on any atom is 0.326 e. The molecule has 0 spiro atoms. The van der Waals surface area contributed by atoms with Crippen molar-refractivity contribution in [3.63, 3.8) is 0 Å². The van der Waals surface area contributed by atoms with E-state index in [1.165, 1.54) is 17.0 Å². The predicted molar refractivity (Wildman–Crippen MR) is 214 cm³/mol. The number of nitrogens with zero attached hydrogens (tertiary/aromatic N) is 2. The van der Waals surface area contributed by atoms with Crippen LogP contribution in [-0.4, -0.2) is 76.8 Å². The second kappa shape index (κ2) is 18.7. The Morgan fingerprint density at radius 2 is 1.54 bits per heavy atom. The van der Waals surface area contributed by atoms with E-state index in [1.54, 1.807) is 36.4 Å². The van der Waals surface area contributed by atoms with Crippen molar-refractivity contribution in [3.8, 4) is 5.75 Å². The number of carboxylic acid groups (broad SMARTS) is 1. The van der Waals surface area contributed by atoms with Crippen LogP contribution in [0.3, 0.4) is 0 Å². The number of carbonyl (C=O) groups is 6. The molecule has 3 aromatic rings. The molecule has 0 aromatic heterocycles. The fourth-order valence-electron chi connectivity index (χ4n) is 7.15. The number of hydrogen-bond acceptors (Lipinski definition) is 8. The van der Waals surface area contributed by atoms with Crippen LogP contribution in [0.5, 0.6) is 5.75 Å². The number of hydrogen-bond donors (Lipinski definition) is 5. The summed E-state index contributed by atoms with van der Waals surface area (Å²) in [6, 6.07) is 17.6. The van der Waals surface area contributed by atoms with E-state index in [2.05, 4.69) is 20.9 Å². The molecular formula is C43H53N5O8. The van der Waals surface area contributed by atoms with E-state index in [-0.39, 0.29) is 61.6 Å². The zero-order chi connectivity index (χ0) is 40.4. The topological polar surface area (TPSA) is 185 Å². The highest BCUT2D eigenvalue weighted by Gasteiger charge is 2.39. The number of fused-ring (bicyclic) bond motifs is 1. The Morgan fingerprint density at radius 1 is 0.857 bits per heavy atom. The minimum Gasteiger partial charge on any atom is -0.508 e. The number of rotatable bonds is 15. The number of Topliss-reactive ketones (excluding diaryl/α,β-unsaturated/α-hetero) is 2. The zero-order valence-corrected chi connectivity index (χ0v) is 32.4. The highest BCUT2D eigenvalue weighted by atomic mass is 16.4. The lowest BCUT2D eigenvalue weighted by molar-refractivity contribution is -0.141. The number of nitrogens with one attached hydrogen (secondary N) is 3. The molecular weight excluding hydrogens is 714 g/mol. The maximum absolute atomic E-state index is 14.3. The standard InChI is InChI=1S/C43H53N5O8/c1-43(2,3)38(51)27-48-36-17-8-7-16-35(36)47(31-14-5-4-6-15-31)26-34(40(48)53)46-42(56)44-30-13-11-12-29(25-30)37(50)18-9-10-19-39(52)45-33(41(54)55)24-28-20-22-32(49)23-21-28/h7-8,11-13,16-17,20-23,25,31,33-34,49H,4-6,9-10,14-15,18-19,24,26-27H2,1-3H3,(H,45,52)(H,54,55)(H2,44,46,56)/t33-,34+/m0/s1. The average molecular weight is 768 g/mol. The molecule has 5 N–H and O–H groups in total. The fourth-order valence-corrected chi connectivity index (χ4v) is 7.15. The van der Waals surface area contributed by atoms with Crippen molar-refractivity contribution >= 4 is 52.4 Å². The Morgan fingerprint density at radius 3 is 2.21 bits per heavy atom. The van der Waals surface area contributed by atoms with Gasteiger partial charge in [-0.05, 0) is 67.6 Å². The number of phenols is 1. The number of para-hydroxylation sites is 2. The van der Waals surface area contributed by atoms with E-state index in [9.17, 15) is 39.0 Å². The predicted octanol–water partition coefficient (Wildman–Crippen LogP) is 6.24. The molecule has 1 aliphatic carbocycles. The van der Waals surface area contributed by atoms with Gasteiger partial charge in [0.25, 0.3) is 5.91 Å². The maximum atomic E-state index is 14.3. The number of phenolic OH excluding ortho intramolecular Hbond substituents is 1. The van der Waals surface area contributed by atoms with E-state index < -0.39 is 35.4 Å². The number of amides is 4. The SMILES string of the molecule is CC(C)(C)C(=O)CN1C(=O)[C@H](NC(=O)Nc2cccc(C(=O)CCCCC(=O)N[C@@H](Cc3ccc(O)cc3)C(=O)O)c2)CN(C2CCCCC2)c2ccccc21. The Labute approximate surface area is 327 Å². The van der Waals surface area contributed by atoms with E-state index in [0.717, 1.165) is 37.8 Å². The number of benzene rings is 3. The lowest BCUT2D eigenvalue weighted by Crippen LogP contribution is -2.55. The van der Waals surface area contributed by atoms with Crippen molar-refractivity contribution in [1.82, 2.24) is 10.6 Å². The number of carboxylic acids is 1. The first-order valence-electron chi connectivity index (χ1n) is 19.4. The van der Waals surface area contributed by atoms with Crippen LogP contribution in [-0.2, 0) is 25.6 Å². The number of urea groups is 1. The van der Waals surface area contributed by atoms with Gasteiger partial charge in [0.2, 0.25) is 5.91 Å². The van der Waals surface area contributed by atoms with E-state index in [4.69, 9.17) is 0 Å². The lowest BCUT2D eigenvalue weighted by atomic mass is 9.90. The van der Waals surface area contributed by atoms with Gasteiger partial charge >= 0.3 is 12.0 Å². The summed E-state index contributed by atoms with van der Waals surface area (Å²) in [5.41, 5.74) is 2.20. The molecule has 5 rings (SSSR count). The van der Waals surface area contributed by atoms with Crippen molar-refractivity contribution in [1.29, 1.82) is 0 Å². The molecule has 56 heavy (non-hydrogen) atoms. The van der Waals surface area contributed by atoms with Crippen LogP contribution in [0.1, 0.15) is 94.5 Å². The van der Waals surface area contributed by atoms with E-state index in [0.29, 0.717) is 35.3 Å². The van der Waals surface area contributed by atoms with Crippen molar-refractivity contribution in [2.45, 2.75) is 103 Å². The van der Waals surface area contributed by atoms with Crippen LogP contribution in [0.4, 0.5) is 21.9 Å². The summed E-state index contributed by atoms with van der Waals surface area (Å²) in [4.78, 5) is 82.2. The molecule has 2 aliphatic rings. The third kappa shape index (κ3) is 11.2. The molecule has 3 aromatic carbocycles. The first-order chi connectivity index (χ1) is 26.7. The summed E-state index contributed by atoms with van der Waals surface area (Å²) in [6.45, 7) is 5.57. The van der Waals surface area contributed by atoms with Gasteiger partial charge < -0.3 is 36.0 Å². The Kier molecular flexibility index (Phi) is 13.9.